The van der Waals surface area contributed by atoms with Crippen LogP contribution in [0, 0.1) is 6.92 Å². The second-order valence-corrected chi connectivity index (χ2v) is 2.79. The van der Waals surface area contributed by atoms with Crippen molar-refractivity contribution in [2.24, 2.45) is 5.73 Å². The Morgan fingerprint density at radius 1 is 1.38 bits per heavy atom. The average molecular weight is 179 g/mol. The zero-order chi connectivity index (χ0) is 9.84. The molecule has 0 spiro atoms. The molecule has 0 saturated heterocycles. The van der Waals surface area contributed by atoms with Gasteiger partial charge in [-0.05, 0) is 19.1 Å². The van der Waals surface area contributed by atoms with Gasteiger partial charge in [-0.25, -0.2) is 0 Å². The Balaban J connectivity index is 3.11. The van der Waals surface area contributed by atoms with Crippen LogP contribution in [0.15, 0.2) is 18.2 Å². The van der Waals surface area contributed by atoms with Crippen LogP contribution in [0.4, 0.5) is 0 Å². The lowest BCUT2D eigenvalue weighted by Crippen LogP contribution is -1.92. The number of aromatic hydroxyl groups is 2. The summed E-state index contributed by atoms with van der Waals surface area (Å²) in [5, 5.41) is 18.8. The number of benzene rings is 1. The Morgan fingerprint density at radius 2 is 2.08 bits per heavy atom. The summed E-state index contributed by atoms with van der Waals surface area (Å²) in [7, 11) is 0. The van der Waals surface area contributed by atoms with Crippen LogP contribution >= 0.6 is 0 Å². The average Bonchev–Trinajstić information content (AvgIpc) is 2.13. The van der Waals surface area contributed by atoms with E-state index >= 15 is 0 Å². The molecule has 1 rings (SSSR count). The Hall–Kier alpha value is -1.48. The van der Waals surface area contributed by atoms with Gasteiger partial charge < -0.3 is 15.9 Å². The van der Waals surface area contributed by atoms with Gasteiger partial charge in [-0.3, -0.25) is 0 Å². The van der Waals surface area contributed by atoms with E-state index < -0.39 is 0 Å². The summed E-state index contributed by atoms with van der Waals surface area (Å²) in [5.41, 5.74) is 6.43. The number of hydrogen-bond donors (Lipinski definition) is 3. The minimum Gasteiger partial charge on any atom is -0.508 e. The van der Waals surface area contributed by atoms with Crippen LogP contribution in [0.3, 0.4) is 0 Å². The molecule has 0 bridgehead atoms. The number of phenolic OH excluding ortho intramolecular Hbond substituents is 2. The van der Waals surface area contributed by atoms with Gasteiger partial charge in [0, 0.05) is 17.7 Å². The molecule has 0 saturated carbocycles. The van der Waals surface area contributed by atoms with Crippen molar-refractivity contribution in [1.29, 1.82) is 0 Å². The van der Waals surface area contributed by atoms with Gasteiger partial charge in [0.25, 0.3) is 0 Å². The van der Waals surface area contributed by atoms with Crippen molar-refractivity contribution >= 4 is 6.08 Å². The minimum absolute atomic E-state index is 0.0994. The van der Waals surface area contributed by atoms with Crippen molar-refractivity contribution in [3.05, 3.63) is 29.3 Å². The van der Waals surface area contributed by atoms with Crippen LogP contribution in [-0.4, -0.2) is 16.8 Å². The first-order chi connectivity index (χ1) is 6.16. The van der Waals surface area contributed by atoms with Crippen LogP contribution in [0.25, 0.3) is 6.08 Å². The lowest BCUT2D eigenvalue weighted by molar-refractivity contribution is 0.442. The Bertz CT molecular complexity index is 332. The fraction of sp³-hybridized carbons (Fsp3) is 0.200. The number of nitrogens with two attached hydrogens (primary N) is 1. The quantitative estimate of drug-likeness (QED) is 0.642. The van der Waals surface area contributed by atoms with E-state index in [1.165, 1.54) is 0 Å². The van der Waals surface area contributed by atoms with E-state index in [1.54, 1.807) is 31.2 Å². The first-order valence-corrected chi connectivity index (χ1v) is 4.05. The van der Waals surface area contributed by atoms with Gasteiger partial charge in [-0.2, -0.15) is 0 Å². The second-order valence-electron chi connectivity index (χ2n) is 2.79. The molecule has 13 heavy (non-hydrogen) atoms. The van der Waals surface area contributed by atoms with E-state index in [1.807, 2.05) is 0 Å². The van der Waals surface area contributed by atoms with Crippen LogP contribution in [0.2, 0.25) is 0 Å². The van der Waals surface area contributed by atoms with E-state index in [4.69, 9.17) is 5.73 Å². The highest BCUT2D eigenvalue weighted by atomic mass is 16.3. The molecule has 0 atom stereocenters. The maximum absolute atomic E-state index is 9.55. The van der Waals surface area contributed by atoms with E-state index in [-0.39, 0.29) is 11.5 Å². The van der Waals surface area contributed by atoms with Gasteiger partial charge in [0.1, 0.15) is 11.5 Å². The summed E-state index contributed by atoms with van der Waals surface area (Å²) in [4.78, 5) is 0. The normalized spacial score (nSPS) is 10.9. The summed E-state index contributed by atoms with van der Waals surface area (Å²) < 4.78 is 0. The van der Waals surface area contributed by atoms with Crippen molar-refractivity contribution in [3.8, 4) is 11.5 Å². The zero-order valence-electron chi connectivity index (χ0n) is 7.49. The van der Waals surface area contributed by atoms with Crippen molar-refractivity contribution < 1.29 is 10.2 Å². The molecule has 0 aliphatic rings. The molecule has 1 aromatic rings. The van der Waals surface area contributed by atoms with Gasteiger partial charge in [-0.1, -0.05) is 12.2 Å². The maximum atomic E-state index is 9.55. The van der Waals surface area contributed by atoms with Crippen molar-refractivity contribution in [1.82, 2.24) is 0 Å². The van der Waals surface area contributed by atoms with E-state index in [0.717, 1.165) is 0 Å². The zero-order valence-corrected chi connectivity index (χ0v) is 7.49. The molecule has 0 amide bonds. The van der Waals surface area contributed by atoms with Crippen molar-refractivity contribution in [3.63, 3.8) is 0 Å². The first kappa shape index (κ1) is 9.61. The molecule has 0 fully saturated rings. The van der Waals surface area contributed by atoms with E-state index in [9.17, 15) is 10.2 Å². The van der Waals surface area contributed by atoms with Gasteiger partial charge in [0.05, 0.1) is 0 Å². The fourth-order valence-electron chi connectivity index (χ4n) is 1.04. The highest BCUT2D eigenvalue weighted by Gasteiger charge is 2.04. The largest absolute Gasteiger partial charge is 0.508 e. The molecule has 0 radical (unpaired) electrons. The molecular formula is C10H13NO2. The number of rotatable bonds is 2. The molecule has 0 unspecified atom stereocenters. The third-order valence-corrected chi connectivity index (χ3v) is 1.87. The van der Waals surface area contributed by atoms with Gasteiger partial charge >= 0.3 is 0 Å². The Morgan fingerprint density at radius 3 is 2.69 bits per heavy atom. The minimum atomic E-state index is 0.0994. The molecule has 4 N–H and O–H groups in total. The Kier molecular flexibility index (Phi) is 2.93. The van der Waals surface area contributed by atoms with Crippen molar-refractivity contribution in [2.75, 3.05) is 6.54 Å². The molecule has 0 aliphatic carbocycles. The molecule has 70 valence electrons. The van der Waals surface area contributed by atoms with Crippen LogP contribution in [0.1, 0.15) is 11.1 Å². The summed E-state index contributed by atoms with van der Waals surface area (Å²) >= 11 is 0. The maximum Gasteiger partial charge on any atom is 0.129 e. The third-order valence-electron chi connectivity index (χ3n) is 1.87. The molecule has 0 aliphatic heterocycles. The fourth-order valence-corrected chi connectivity index (χ4v) is 1.04. The molecule has 3 nitrogen and oxygen atoms in total. The van der Waals surface area contributed by atoms with Gasteiger partial charge in [-0.15, -0.1) is 0 Å². The molecular weight excluding hydrogens is 166 g/mol. The number of hydrogen-bond acceptors (Lipinski definition) is 3. The highest BCUT2D eigenvalue weighted by Crippen LogP contribution is 2.29. The summed E-state index contributed by atoms with van der Waals surface area (Å²) in [5.74, 6) is 0.201. The summed E-state index contributed by atoms with van der Waals surface area (Å²) in [6, 6.07) is 3.19. The lowest BCUT2D eigenvalue weighted by atomic mass is 10.1. The molecule has 3 heteroatoms. The summed E-state index contributed by atoms with van der Waals surface area (Å²) in [6.45, 7) is 2.09. The van der Waals surface area contributed by atoms with E-state index in [2.05, 4.69) is 0 Å². The van der Waals surface area contributed by atoms with Crippen molar-refractivity contribution in [2.45, 2.75) is 6.92 Å². The third kappa shape index (κ3) is 2.00. The van der Waals surface area contributed by atoms with Crippen LogP contribution in [-0.2, 0) is 0 Å². The predicted octanol–water partition coefficient (Wildman–Crippen LogP) is 1.38. The molecule has 0 heterocycles. The first-order valence-electron chi connectivity index (χ1n) is 4.05. The standard InChI is InChI=1S/C10H13NO2/c1-7-9(12)5-4-8(10(7)13)3-2-6-11/h2-5,12-13H,6,11H2,1H3/b3-2+. The van der Waals surface area contributed by atoms with Gasteiger partial charge in [0.15, 0.2) is 0 Å². The SMILES string of the molecule is Cc1c(O)ccc(/C=C/CN)c1O. The Labute approximate surface area is 77.1 Å². The monoisotopic (exact) mass is 179 g/mol. The smallest absolute Gasteiger partial charge is 0.129 e. The predicted molar refractivity (Wildman–Crippen MR) is 52.6 cm³/mol. The van der Waals surface area contributed by atoms with Crippen LogP contribution < -0.4 is 5.73 Å². The van der Waals surface area contributed by atoms with Gasteiger partial charge in [0.2, 0.25) is 0 Å². The lowest BCUT2D eigenvalue weighted by Gasteiger charge is -2.04. The summed E-state index contributed by atoms with van der Waals surface area (Å²) in [6.07, 6.45) is 3.47. The number of phenols is 2. The van der Waals surface area contributed by atoms with Crippen LogP contribution in [0.5, 0.6) is 11.5 Å². The molecule has 1 aromatic carbocycles. The van der Waals surface area contributed by atoms with E-state index in [0.29, 0.717) is 17.7 Å². The molecule has 0 aromatic heterocycles. The highest BCUT2D eigenvalue weighted by molar-refractivity contribution is 5.62. The topological polar surface area (TPSA) is 66.5 Å². The second kappa shape index (κ2) is 3.96.